The topological polar surface area (TPSA) is 92.5 Å². The number of hydrogen-bond donors (Lipinski definition) is 2. The number of nitrogen functional groups attached to an aromatic ring is 1. The largest absolute Gasteiger partial charge is 0.398 e. The third-order valence-electron chi connectivity index (χ3n) is 3.95. The van der Waals surface area contributed by atoms with Gasteiger partial charge < -0.3 is 10.6 Å². The van der Waals surface area contributed by atoms with Crippen molar-refractivity contribution in [2.45, 2.75) is 25.4 Å². The number of piperidine rings is 1. The molecule has 1 saturated heterocycles. The van der Waals surface area contributed by atoms with Gasteiger partial charge in [0.2, 0.25) is 11.8 Å². The summed E-state index contributed by atoms with van der Waals surface area (Å²) in [7, 11) is 1.85. The van der Waals surface area contributed by atoms with Crippen LogP contribution in [0.2, 0.25) is 0 Å². The van der Waals surface area contributed by atoms with Crippen LogP contribution >= 0.6 is 0 Å². The van der Waals surface area contributed by atoms with Gasteiger partial charge in [-0.1, -0.05) is 11.5 Å². The molecule has 2 heterocycles. The number of carbonyl (C=O) groups excluding carboxylic acids is 3. The molecule has 0 saturated carbocycles. The maximum Gasteiger partial charge on any atom is 0.254 e. The molecule has 102 valence electrons. The van der Waals surface area contributed by atoms with Crippen molar-refractivity contribution in [3.63, 3.8) is 0 Å². The van der Waals surface area contributed by atoms with Gasteiger partial charge in [0, 0.05) is 29.8 Å². The molecule has 3 amide bonds. The first-order valence-electron chi connectivity index (χ1n) is 6.51. The average molecular weight is 271 g/mol. The highest BCUT2D eigenvalue weighted by atomic mass is 16.2. The first kappa shape index (κ1) is 12.7. The molecule has 3 rings (SSSR count). The van der Waals surface area contributed by atoms with Crippen molar-refractivity contribution in [2.75, 3.05) is 5.73 Å². The zero-order chi connectivity index (χ0) is 14.4. The second kappa shape index (κ2) is 4.36. The number of anilines is 1. The number of nitrogens with one attached hydrogen (secondary N) is 1. The number of hydrogen-bond acceptors (Lipinski definition) is 4. The molecule has 1 atom stereocenters. The molecular formula is C13H14BN3O3. The lowest BCUT2D eigenvalue weighted by Crippen LogP contribution is -2.52. The Bertz CT molecular complexity index is 644. The van der Waals surface area contributed by atoms with Gasteiger partial charge in [-0.3, -0.25) is 19.7 Å². The Morgan fingerprint density at radius 1 is 1.30 bits per heavy atom. The molecule has 2 aliphatic heterocycles. The fourth-order valence-corrected chi connectivity index (χ4v) is 2.87. The Balaban J connectivity index is 1.94. The highest BCUT2D eigenvalue weighted by Crippen LogP contribution is 2.29. The summed E-state index contributed by atoms with van der Waals surface area (Å²) in [5.41, 5.74) is 8.71. The zero-order valence-electron chi connectivity index (χ0n) is 11.1. The average Bonchev–Trinajstić information content (AvgIpc) is 2.73. The van der Waals surface area contributed by atoms with E-state index < -0.39 is 11.9 Å². The van der Waals surface area contributed by atoms with Crippen molar-refractivity contribution in [3.05, 3.63) is 23.3 Å². The van der Waals surface area contributed by atoms with Crippen LogP contribution in [0.25, 0.3) is 0 Å². The van der Waals surface area contributed by atoms with Crippen molar-refractivity contribution in [2.24, 2.45) is 0 Å². The van der Waals surface area contributed by atoms with Gasteiger partial charge in [-0.25, -0.2) is 0 Å². The monoisotopic (exact) mass is 271 g/mol. The van der Waals surface area contributed by atoms with Gasteiger partial charge >= 0.3 is 0 Å². The lowest BCUT2D eigenvalue weighted by atomic mass is 9.88. The van der Waals surface area contributed by atoms with E-state index in [9.17, 15) is 14.4 Å². The van der Waals surface area contributed by atoms with Crippen molar-refractivity contribution in [1.29, 1.82) is 0 Å². The molecule has 0 spiro atoms. The highest BCUT2D eigenvalue weighted by Gasteiger charge is 2.40. The minimum absolute atomic E-state index is 0.181. The predicted octanol–water partition coefficient (Wildman–Crippen LogP) is -1.71. The normalized spacial score (nSPS) is 21.9. The fourth-order valence-electron chi connectivity index (χ4n) is 2.87. The lowest BCUT2D eigenvalue weighted by molar-refractivity contribution is -0.136. The van der Waals surface area contributed by atoms with E-state index in [1.165, 1.54) is 4.90 Å². The van der Waals surface area contributed by atoms with Crippen LogP contribution in [0.4, 0.5) is 5.69 Å². The van der Waals surface area contributed by atoms with Crippen molar-refractivity contribution < 1.29 is 14.4 Å². The van der Waals surface area contributed by atoms with Crippen LogP contribution in [0.5, 0.6) is 0 Å². The Hall–Kier alpha value is -2.31. The third-order valence-corrected chi connectivity index (χ3v) is 3.95. The molecule has 1 aromatic carbocycles. The number of imide groups is 1. The third kappa shape index (κ3) is 1.78. The predicted molar refractivity (Wildman–Crippen MR) is 75.1 cm³/mol. The van der Waals surface area contributed by atoms with Crippen LogP contribution in [0.15, 0.2) is 12.1 Å². The highest BCUT2D eigenvalue weighted by molar-refractivity contribution is 6.37. The summed E-state index contributed by atoms with van der Waals surface area (Å²) in [6, 6.07) is 2.99. The van der Waals surface area contributed by atoms with Gasteiger partial charge in [-0.2, -0.15) is 0 Å². The van der Waals surface area contributed by atoms with Crippen molar-refractivity contribution in [3.8, 4) is 0 Å². The molecule has 0 radical (unpaired) electrons. The molecule has 20 heavy (non-hydrogen) atoms. The molecule has 6 nitrogen and oxygen atoms in total. The molecule has 0 bridgehead atoms. The number of carbonyl (C=O) groups is 3. The Kier molecular flexibility index (Phi) is 2.77. The van der Waals surface area contributed by atoms with E-state index in [1.54, 1.807) is 12.1 Å². The van der Waals surface area contributed by atoms with Gasteiger partial charge in [0.1, 0.15) is 13.9 Å². The Morgan fingerprint density at radius 3 is 2.70 bits per heavy atom. The number of amides is 3. The van der Waals surface area contributed by atoms with Gasteiger partial charge in [0.05, 0.1) is 0 Å². The number of fused-ring (bicyclic) bond motifs is 1. The van der Waals surface area contributed by atoms with Crippen LogP contribution in [0.1, 0.15) is 28.8 Å². The van der Waals surface area contributed by atoms with Crippen LogP contribution in [-0.2, 0) is 16.1 Å². The summed E-state index contributed by atoms with van der Waals surface area (Å²) in [6.07, 6.45) is 0.619. The SMILES string of the molecule is Bc1ccc(N)c2c1C(=O)N(C1CCC(=O)NC1=O)C2. The van der Waals surface area contributed by atoms with Gasteiger partial charge in [0.15, 0.2) is 0 Å². The Morgan fingerprint density at radius 2 is 2.05 bits per heavy atom. The second-order valence-electron chi connectivity index (χ2n) is 5.23. The van der Waals surface area contributed by atoms with E-state index in [0.29, 0.717) is 24.2 Å². The van der Waals surface area contributed by atoms with E-state index in [1.807, 2.05) is 7.85 Å². The number of rotatable bonds is 1. The lowest BCUT2D eigenvalue weighted by Gasteiger charge is -2.29. The minimum atomic E-state index is -0.591. The maximum absolute atomic E-state index is 12.5. The van der Waals surface area contributed by atoms with E-state index in [-0.39, 0.29) is 18.2 Å². The number of nitrogens with zero attached hydrogens (tertiary/aromatic N) is 1. The molecule has 0 aliphatic carbocycles. The van der Waals surface area contributed by atoms with Gasteiger partial charge in [0.25, 0.3) is 5.91 Å². The van der Waals surface area contributed by atoms with Crippen molar-refractivity contribution in [1.82, 2.24) is 10.2 Å². The summed E-state index contributed by atoms with van der Waals surface area (Å²) >= 11 is 0. The molecule has 1 aromatic rings. The summed E-state index contributed by atoms with van der Waals surface area (Å²) < 4.78 is 0. The minimum Gasteiger partial charge on any atom is -0.398 e. The smallest absolute Gasteiger partial charge is 0.254 e. The summed E-state index contributed by atoms with van der Waals surface area (Å²) in [5.74, 6) is -0.871. The molecule has 3 N–H and O–H groups in total. The maximum atomic E-state index is 12.5. The zero-order valence-corrected chi connectivity index (χ0v) is 11.1. The molecule has 2 aliphatic rings. The van der Waals surface area contributed by atoms with E-state index >= 15 is 0 Å². The molecule has 1 fully saturated rings. The van der Waals surface area contributed by atoms with Crippen LogP contribution in [0, 0.1) is 0 Å². The second-order valence-corrected chi connectivity index (χ2v) is 5.23. The molecule has 0 aromatic heterocycles. The van der Waals surface area contributed by atoms with Crippen LogP contribution in [-0.4, -0.2) is 36.5 Å². The molecule has 1 unspecified atom stereocenters. The first-order chi connectivity index (χ1) is 9.49. The van der Waals surface area contributed by atoms with Crippen LogP contribution < -0.4 is 16.5 Å². The van der Waals surface area contributed by atoms with Gasteiger partial charge in [-0.15, -0.1) is 0 Å². The summed E-state index contributed by atoms with van der Waals surface area (Å²) in [6.45, 7) is 0.327. The van der Waals surface area contributed by atoms with Crippen LogP contribution in [0.3, 0.4) is 0 Å². The van der Waals surface area contributed by atoms with E-state index in [2.05, 4.69) is 5.32 Å². The van der Waals surface area contributed by atoms with E-state index in [0.717, 1.165) is 11.0 Å². The summed E-state index contributed by atoms with van der Waals surface area (Å²) in [4.78, 5) is 37.1. The quantitative estimate of drug-likeness (QED) is 0.361. The first-order valence-corrected chi connectivity index (χ1v) is 6.51. The summed E-state index contributed by atoms with van der Waals surface area (Å²) in [5, 5.41) is 2.28. The Labute approximate surface area is 116 Å². The molecule has 7 heteroatoms. The number of benzene rings is 1. The van der Waals surface area contributed by atoms with Gasteiger partial charge in [-0.05, 0) is 12.5 Å². The molecular weight excluding hydrogens is 257 g/mol. The standard InChI is InChI=1S/C13H14BN3O3/c14-7-1-2-8(15)6-5-17(13(20)11(6)7)9-3-4-10(18)16-12(9)19/h1-2,9H,3-5,14-15H2,(H,16,18,19). The van der Waals surface area contributed by atoms with Crippen molar-refractivity contribution >= 4 is 36.7 Å². The van der Waals surface area contributed by atoms with E-state index in [4.69, 9.17) is 5.73 Å². The number of nitrogens with two attached hydrogens (primary N) is 1. The fraction of sp³-hybridized carbons (Fsp3) is 0.308.